The van der Waals surface area contributed by atoms with Gasteiger partial charge in [-0.25, -0.2) is 0 Å². The Labute approximate surface area is 149 Å². The molecule has 2 atom stereocenters. The maximum atomic E-state index is 5.87. The molecule has 2 aromatic rings. The van der Waals surface area contributed by atoms with E-state index in [0.29, 0.717) is 6.61 Å². The van der Waals surface area contributed by atoms with Crippen LogP contribution in [0.3, 0.4) is 0 Å². The highest BCUT2D eigenvalue weighted by atomic mass is 16.5. The van der Waals surface area contributed by atoms with E-state index in [2.05, 4.69) is 62.0 Å². The Bertz CT molecular complexity index is 819. The number of hydrogen-bond acceptors (Lipinski definition) is 2. The van der Waals surface area contributed by atoms with Crippen molar-refractivity contribution in [1.82, 2.24) is 0 Å². The van der Waals surface area contributed by atoms with Crippen molar-refractivity contribution in [1.29, 1.82) is 0 Å². The summed E-state index contributed by atoms with van der Waals surface area (Å²) < 4.78 is 11.2. The van der Waals surface area contributed by atoms with Crippen molar-refractivity contribution in [3.63, 3.8) is 0 Å². The summed E-state index contributed by atoms with van der Waals surface area (Å²) in [4.78, 5) is 0. The van der Waals surface area contributed by atoms with Crippen molar-refractivity contribution in [2.45, 2.75) is 18.8 Å². The second-order valence-corrected chi connectivity index (χ2v) is 7.35. The van der Waals surface area contributed by atoms with Crippen LogP contribution in [0.25, 0.3) is 5.57 Å². The van der Waals surface area contributed by atoms with Crippen LogP contribution in [-0.2, 0) is 10.2 Å². The molecule has 0 aromatic heterocycles. The topological polar surface area (TPSA) is 18.5 Å². The van der Waals surface area contributed by atoms with Gasteiger partial charge in [-0.1, -0.05) is 55.5 Å². The van der Waals surface area contributed by atoms with Gasteiger partial charge < -0.3 is 9.47 Å². The molecule has 128 valence electrons. The smallest absolute Gasteiger partial charge is 0.118 e. The fourth-order valence-corrected chi connectivity index (χ4v) is 4.61. The van der Waals surface area contributed by atoms with E-state index < -0.39 is 0 Å². The molecule has 1 saturated heterocycles. The number of benzene rings is 2. The Kier molecular flexibility index (Phi) is 3.81. The number of fused-ring (bicyclic) bond motifs is 1. The maximum Gasteiger partial charge on any atom is 0.118 e. The van der Waals surface area contributed by atoms with Gasteiger partial charge in [0, 0.05) is 10.8 Å². The van der Waals surface area contributed by atoms with Gasteiger partial charge in [-0.05, 0) is 40.8 Å². The van der Waals surface area contributed by atoms with Crippen LogP contribution in [0.15, 0.2) is 72.8 Å². The van der Waals surface area contributed by atoms with Crippen molar-refractivity contribution in [3.05, 3.63) is 84.0 Å². The first-order valence-electron chi connectivity index (χ1n) is 8.78. The van der Waals surface area contributed by atoms with E-state index in [-0.39, 0.29) is 10.8 Å². The van der Waals surface area contributed by atoms with Crippen molar-refractivity contribution in [3.8, 4) is 5.75 Å². The largest absolute Gasteiger partial charge is 0.497 e. The van der Waals surface area contributed by atoms with Crippen LogP contribution in [0.5, 0.6) is 5.75 Å². The predicted molar refractivity (Wildman–Crippen MR) is 102 cm³/mol. The third-order valence-electron chi connectivity index (χ3n) is 5.83. The van der Waals surface area contributed by atoms with Gasteiger partial charge in [0.15, 0.2) is 0 Å². The van der Waals surface area contributed by atoms with Crippen molar-refractivity contribution >= 4 is 5.57 Å². The lowest BCUT2D eigenvalue weighted by Crippen LogP contribution is -2.27. The molecule has 4 rings (SSSR count). The molecule has 0 unspecified atom stereocenters. The van der Waals surface area contributed by atoms with E-state index in [4.69, 9.17) is 9.47 Å². The highest BCUT2D eigenvalue weighted by Gasteiger charge is 2.53. The van der Waals surface area contributed by atoms with Gasteiger partial charge >= 0.3 is 0 Å². The first-order valence-corrected chi connectivity index (χ1v) is 8.78. The van der Waals surface area contributed by atoms with Crippen LogP contribution in [-0.4, -0.2) is 20.3 Å². The van der Waals surface area contributed by atoms with Gasteiger partial charge in [-0.15, -0.1) is 6.58 Å². The summed E-state index contributed by atoms with van der Waals surface area (Å²) in [5, 5.41) is 0. The zero-order chi connectivity index (χ0) is 17.5. The Hall–Kier alpha value is -2.32. The number of ether oxygens (including phenoxy) is 2. The normalized spacial score (nSPS) is 28.1. The minimum absolute atomic E-state index is 0.0687. The molecular weight excluding hydrogens is 308 g/mol. The van der Waals surface area contributed by atoms with Crippen molar-refractivity contribution < 1.29 is 9.47 Å². The van der Waals surface area contributed by atoms with E-state index in [1.807, 2.05) is 12.1 Å². The fourth-order valence-electron chi connectivity index (χ4n) is 4.61. The molecule has 1 aliphatic heterocycles. The number of methoxy groups -OCH3 is 1. The summed E-state index contributed by atoms with van der Waals surface area (Å²) >= 11 is 0. The minimum Gasteiger partial charge on any atom is -0.497 e. The molecule has 0 amide bonds. The number of allylic oxidation sites excluding steroid dienone is 2. The lowest BCUT2D eigenvalue weighted by atomic mass is 9.70. The molecule has 1 fully saturated rings. The van der Waals surface area contributed by atoms with Crippen LogP contribution in [0.1, 0.15) is 24.5 Å². The van der Waals surface area contributed by atoms with Gasteiger partial charge in [0.2, 0.25) is 0 Å². The average molecular weight is 332 g/mol. The monoisotopic (exact) mass is 332 g/mol. The first kappa shape index (κ1) is 16.2. The number of hydrogen-bond donors (Lipinski definition) is 0. The Balaban J connectivity index is 1.95. The van der Waals surface area contributed by atoms with E-state index in [1.165, 1.54) is 22.3 Å². The molecule has 2 aliphatic rings. The predicted octanol–water partition coefficient (Wildman–Crippen LogP) is 5.01. The average Bonchev–Trinajstić information content (AvgIpc) is 3.14. The van der Waals surface area contributed by atoms with Gasteiger partial charge in [0.05, 0.1) is 20.3 Å². The molecule has 0 saturated carbocycles. The Morgan fingerprint density at radius 1 is 1.08 bits per heavy atom. The minimum atomic E-state index is -0.177. The molecule has 2 aromatic carbocycles. The summed E-state index contributed by atoms with van der Waals surface area (Å²) in [5.41, 5.74) is 5.20. The van der Waals surface area contributed by atoms with E-state index in [1.54, 1.807) is 7.11 Å². The molecular formula is C23H24O2. The molecule has 0 N–H and O–H groups in total. The third-order valence-corrected chi connectivity index (χ3v) is 5.83. The summed E-state index contributed by atoms with van der Waals surface area (Å²) in [6.45, 7) is 8.08. The Morgan fingerprint density at radius 2 is 1.80 bits per heavy atom. The molecule has 1 aliphatic carbocycles. The van der Waals surface area contributed by atoms with Crippen molar-refractivity contribution in [2.75, 3.05) is 20.3 Å². The molecule has 0 spiro atoms. The van der Waals surface area contributed by atoms with Gasteiger partial charge in [0.25, 0.3) is 0 Å². The summed E-state index contributed by atoms with van der Waals surface area (Å²) in [6, 6.07) is 19.1. The van der Waals surface area contributed by atoms with E-state index in [9.17, 15) is 0 Å². The molecule has 25 heavy (non-hydrogen) atoms. The molecule has 1 heterocycles. The SMILES string of the molecule is C=C[C@@]1(c2ccccc2)C[C@]2(C)COCC2=C1c1ccc(OC)cc1. The highest BCUT2D eigenvalue weighted by Crippen LogP contribution is 2.60. The van der Waals surface area contributed by atoms with Gasteiger partial charge in [0.1, 0.15) is 5.75 Å². The van der Waals surface area contributed by atoms with Crippen LogP contribution in [0.2, 0.25) is 0 Å². The lowest BCUT2D eigenvalue weighted by Gasteiger charge is -2.33. The summed E-state index contributed by atoms with van der Waals surface area (Å²) in [6.07, 6.45) is 3.14. The van der Waals surface area contributed by atoms with E-state index >= 15 is 0 Å². The van der Waals surface area contributed by atoms with Crippen LogP contribution in [0, 0.1) is 5.41 Å². The second-order valence-electron chi connectivity index (χ2n) is 7.35. The first-order chi connectivity index (χ1) is 12.1. The maximum absolute atomic E-state index is 5.87. The zero-order valence-electron chi connectivity index (χ0n) is 14.9. The van der Waals surface area contributed by atoms with Gasteiger partial charge in [-0.3, -0.25) is 0 Å². The molecule has 2 heteroatoms. The van der Waals surface area contributed by atoms with Crippen molar-refractivity contribution in [2.24, 2.45) is 5.41 Å². The molecule has 2 nitrogen and oxygen atoms in total. The molecule has 0 radical (unpaired) electrons. The quantitative estimate of drug-likeness (QED) is 0.733. The Morgan fingerprint density at radius 3 is 2.44 bits per heavy atom. The van der Waals surface area contributed by atoms with E-state index in [0.717, 1.165) is 18.8 Å². The van der Waals surface area contributed by atoms with Crippen LogP contribution >= 0.6 is 0 Å². The van der Waals surface area contributed by atoms with Crippen LogP contribution in [0.4, 0.5) is 0 Å². The van der Waals surface area contributed by atoms with Crippen LogP contribution < -0.4 is 4.74 Å². The molecule has 0 bridgehead atoms. The standard InChI is InChI=1S/C23H24O2/c1-4-23(18-8-6-5-7-9-18)15-22(2)16-25-14-20(22)21(23)17-10-12-19(24-3)13-11-17/h4-13H,1,14-16H2,2-3H3/t22-,23+/m1/s1. The van der Waals surface area contributed by atoms with Gasteiger partial charge in [-0.2, -0.15) is 0 Å². The number of rotatable bonds is 4. The highest BCUT2D eigenvalue weighted by molar-refractivity contribution is 5.84. The lowest BCUT2D eigenvalue weighted by molar-refractivity contribution is 0.150. The summed E-state index contributed by atoms with van der Waals surface area (Å²) in [7, 11) is 1.70. The summed E-state index contributed by atoms with van der Waals surface area (Å²) in [5.74, 6) is 0.877. The zero-order valence-corrected chi connectivity index (χ0v) is 14.9. The third kappa shape index (κ3) is 2.36. The fraction of sp³-hybridized carbons (Fsp3) is 0.304. The second kappa shape index (κ2) is 5.89.